The van der Waals surface area contributed by atoms with Crippen LogP contribution >= 0.6 is 0 Å². The molecule has 0 heterocycles. The zero-order chi connectivity index (χ0) is 12.7. The summed E-state index contributed by atoms with van der Waals surface area (Å²) in [7, 11) is 0. The van der Waals surface area contributed by atoms with E-state index in [0.29, 0.717) is 4.90 Å². The van der Waals surface area contributed by atoms with Gasteiger partial charge in [-0.3, -0.25) is 4.21 Å². The largest absolute Gasteiger partial charge is 0.768 e. The number of likely N-dealkylation sites (N-methyl/N-ethyl adjacent to an activating group) is 1. The van der Waals surface area contributed by atoms with Gasteiger partial charge in [-0.2, -0.15) is 0 Å². The lowest BCUT2D eigenvalue weighted by molar-refractivity contribution is 0.316. The maximum atomic E-state index is 10.7. The first kappa shape index (κ1) is 14.2. The summed E-state index contributed by atoms with van der Waals surface area (Å²) >= 11 is -2.14. The zero-order valence-corrected chi connectivity index (χ0v) is 11.1. The Bertz CT molecular complexity index is 350. The average molecular weight is 255 g/mol. The molecule has 1 unspecified atom stereocenters. The number of rotatable bonds is 7. The fourth-order valence-corrected chi connectivity index (χ4v) is 1.94. The van der Waals surface area contributed by atoms with E-state index in [1.807, 2.05) is 0 Å². The molecule has 96 valence electrons. The van der Waals surface area contributed by atoms with Crippen molar-refractivity contribution in [1.29, 1.82) is 0 Å². The molecule has 5 heteroatoms. The number of nitrogens with zero attached hydrogens (tertiary/aromatic N) is 1. The molecule has 0 aromatic heterocycles. The van der Waals surface area contributed by atoms with Crippen molar-refractivity contribution in [2.24, 2.45) is 0 Å². The van der Waals surface area contributed by atoms with Crippen molar-refractivity contribution in [2.75, 3.05) is 31.5 Å². The highest BCUT2D eigenvalue weighted by atomic mass is 32.2. The summed E-state index contributed by atoms with van der Waals surface area (Å²) in [6.07, 6.45) is 0. The lowest BCUT2D eigenvalue weighted by Gasteiger charge is -2.18. The van der Waals surface area contributed by atoms with Crippen LogP contribution in [0.2, 0.25) is 0 Å². The van der Waals surface area contributed by atoms with Crippen molar-refractivity contribution in [2.45, 2.75) is 18.7 Å². The molecule has 1 aromatic rings. The Morgan fingerprint density at radius 3 is 2.29 bits per heavy atom. The van der Waals surface area contributed by atoms with Gasteiger partial charge < -0.3 is 14.8 Å². The number of nitrogens with one attached hydrogen (secondary N) is 1. The van der Waals surface area contributed by atoms with Gasteiger partial charge in [0.1, 0.15) is 0 Å². The van der Waals surface area contributed by atoms with Gasteiger partial charge in [0.15, 0.2) is 0 Å². The van der Waals surface area contributed by atoms with Crippen molar-refractivity contribution < 1.29 is 8.76 Å². The van der Waals surface area contributed by atoms with Crippen LogP contribution in [0.1, 0.15) is 13.8 Å². The molecule has 0 aliphatic heterocycles. The third-order valence-corrected chi connectivity index (χ3v) is 3.36. The Morgan fingerprint density at radius 1 is 1.24 bits per heavy atom. The molecule has 0 bridgehead atoms. The molecule has 0 spiro atoms. The van der Waals surface area contributed by atoms with Crippen molar-refractivity contribution >= 4 is 16.8 Å². The molecule has 1 aromatic carbocycles. The Labute approximate surface area is 105 Å². The van der Waals surface area contributed by atoms with E-state index in [-0.39, 0.29) is 0 Å². The van der Waals surface area contributed by atoms with Gasteiger partial charge in [0.05, 0.1) is 0 Å². The Balaban J connectivity index is 2.39. The van der Waals surface area contributed by atoms with Gasteiger partial charge in [-0.25, -0.2) is 0 Å². The van der Waals surface area contributed by atoms with Crippen LogP contribution in [-0.2, 0) is 11.1 Å². The SMILES string of the molecule is CCN(CC)CCNc1ccc(S(=O)[O-])cc1. The zero-order valence-electron chi connectivity index (χ0n) is 10.3. The Kier molecular flexibility index (Phi) is 6.18. The van der Waals surface area contributed by atoms with E-state index in [4.69, 9.17) is 0 Å². The van der Waals surface area contributed by atoms with Gasteiger partial charge in [0.2, 0.25) is 0 Å². The van der Waals surface area contributed by atoms with Crippen LogP contribution in [0.3, 0.4) is 0 Å². The summed E-state index contributed by atoms with van der Waals surface area (Å²) in [6.45, 7) is 8.23. The van der Waals surface area contributed by atoms with Gasteiger partial charge >= 0.3 is 0 Å². The first-order valence-corrected chi connectivity index (χ1v) is 6.90. The maximum Gasteiger partial charge on any atom is 0.0341 e. The first-order valence-electron chi connectivity index (χ1n) is 5.83. The van der Waals surface area contributed by atoms with Crippen LogP contribution in [0.15, 0.2) is 29.2 Å². The smallest absolute Gasteiger partial charge is 0.0341 e. The minimum atomic E-state index is -2.14. The lowest BCUT2D eigenvalue weighted by Crippen LogP contribution is -2.28. The van der Waals surface area contributed by atoms with Crippen molar-refractivity contribution in [3.8, 4) is 0 Å². The quantitative estimate of drug-likeness (QED) is 0.753. The lowest BCUT2D eigenvalue weighted by atomic mass is 10.3. The Hall–Kier alpha value is -0.910. The molecule has 0 amide bonds. The third-order valence-electron chi connectivity index (χ3n) is 2.70. The number of anilines is 1. The molecular weight excluding hydrogens is 236 g/mol. The van der Waals surface area contributed by atoms with Crippen molar-refractivity contribution in [1.82, 2.24) is 4.90 Å². The highest BCUT2D eigenvalue weighted by Crippen LogP contribution is 2.11. The second kappa shape index (κ2) is 7.42. The summed E-state index contributed by atoms with van der Waals surface area (Å²) in [5.41, 5.74) is 0.950. The summed E-state index contributed by atoms with van der Waals surface area (Å²) in [4.78, 5) is 2.65. The first-order chi connectivity index (χ1) is 8.17. The summed E-state index contributed by atoms with van der Waals surface area (Å²) in [6, 6.07) is 6.77. The van der Waals surface area contributed by atoms with Crippen LogP contribution in [-0.4, -0.2) is 39.8 Å². The van der Waals surface area contributed by atoms with Gasteiger partial charge in [-0.05, 0) is 48.4 Å². The molecular formula is C12H19N2O2S-. The van der Waals surface area contributed by atoms with Gasteiger partial charge in [-0.1, -0.05) is 13.8 Å². The van der Waals surface area contributed by atoms with E-state index in [2.05, 4.69) is 24.1 Å². The molecule has 0 radical (unpaired) electrons. The monoisotopic (exact) mass is 255 g/mol. The Morgan fingerprint density at radius 2 is 1.82 bits per heavy atom. The molecule has 0 aliphatic carbocycles. The van der Waals surface area contributed by atoms with E-state index < -0.39 is 11.1 Å². The van der Waals surface area contributed by atoms with E-state index >= 15 is 0 Å². The topological polar surface area (TPSA) is 55.4 Å². The average Bonchev–Trinajstić information content (AvgIpc) is 2.35. The van der Waals surface area contributed by atoms with Gasteiger partial charge in [0.25, 0.3) is 0 Å². The van der Waals surface area contributed by atoms with Crippen LogP contribution < -0.4 is 5.32 Å². The molecule has 1 N–H and O–H groups in total. The molecule has 1 rings (SSSR count). The van der Waals surface area contributed by atoms with E-state index in [0.717, 1.165) is 31.9 Å². The molecule has 0 aliphatic rings. The molecule has 17 heavy (non-hydrogen) atoms. The second-order valence-electron chi connectivity index (χ2n) is 3.71. The molecule has 0 fully saturated rings. The van der Waals surface area contributed by atoms with Crippen molar-refractivity contribution in [3.63, 3.8) is 0 Å². The fourth-order valence-electron chi connectivity index (χ4n) is 1.58. The van der Waals surface area contributed by atoms with Crippen LogP contribution in [0.25, 0.3) is 0 Å². The predicted octanol–water partition coefficient (Wildman–Crippen LogP) is 1.68. The predicted molar refractivity (Wildman–Crippen MR) is 69.9 cm³/mol. The molecule has 0 saturated carbocycles. The fraction of sp³-hybridized carbons (Fsp3) is 0.500. The normalized spacial score (nSPS) is 12.7. The van der Waals surface area contributed by atoms with Gasteiger partial charge in [0, 0.05) is 23.7 Å². The standard InChI is InChI=1S/C12H20N2O2S/c1-3-14(4-2)10-9-13-11-5-7-12(8-6-11)17(15)16/h5-8,13H,3-4,9-10H2,1-2H3,(H,15,16)/p-1. The summed E-state index contributed by atoms with van der Waals surface area (Å²) in [5, 5.41) is 3.27. The maximum absolute atomic E-state index is 10.7. The molecule has 1 atom stereocenters. The summed E-state index contributed by atoms with van der Waals surface area (Å²) < 4.78 is 21.3. The summed E-state index contributed by atoms with van der Waals surface area (Å²) in [5.74, 6) is 0. The van der Waals surface area contributed by atoms with Crippen LogP contribution in [0, 0.1) is 0 Å². The minimum Gasteiger partial charge on any atom is -0.768 e. The number of hydrogen-bond acceptors (Lipinski definition) is 4. The third kappa shape index (κ3) is 4.85. The highest BCUT2D eigenvalue weighted by molar-refractivity contribution is 7.79. The van der Waals surface area contributed by atoms with Crippen LogP contribution in [0.4, 0.5) is 5.69 Å². The van der Waals surface area contributed by atoms with Gasteiger partial charge in [-0.15, -0.1) is 0 Å². The molecule has 0 saturated heterocycles. The van der Waals surface area contributed by atoms with E-state index in [1.165, 1.54) is 0 Å². The number of benzene rings is 1. The minimum absolute atomic E-state index is 0.319. The van der Waals surface area contributed by atoms with E-state index in [1.54, 1.807) is 24.3 Å². The van der Waals surface area contributed by atoms with Crippen LogP contribution in [0.5, 0.6) is 0 Å². The molecule has 4 nitrogen and oxygen atoms in total. The highest BCUT2D eigenvalue weighted by Gasteiger charge is 1.98. The second-order valence-corrected chi connectivity index (χ2v) is 4.65. The van der Waals surface area contributed by atoms with E-state index in [9.17, 15) is 8.76 Å². The van der Waals surface area contributed by atoms with Crippen molar-refractivity contribution in [3.05, 3.63) is 24.3 Å². The number of hydrogen-bond donors (Lipinski definition) is 1.